The molecule has 0 bridgehead atoms. The normalized spacial score (nSPS) is 13.7. The maximum Gasteiger partial charge on any atom is 0.255 e. The van der Waals surface area contributed by atoms with Crippen molar-refractivity contribution in [3.05, 3.63) is 90.1 Å². The predicted octanol–water partition coefficient (Wildman–Crippen LogP) is 5.13. The molecule has 1 aromatic heterocycles. The van der Waals surface area contributed by atoms with Crippen LogP contribution in [0.2, 0.25) is 0 Å². The van der Waals surface area contributed by atoms with Crippen LogP contribution in [0.3, 0.4) is 0 Å². The van der Waals surface area contributed by atoms with Crippen molar-refractivity contribution in [2.24, 2.45) is 0 Å². The lowest BCUT2D eigenvalue weighted by Crippen LogP contribution is -2.46. The van der Waals surface area contributed by atoms with Crippen LogP contribution in [-0.2, 0) is 0 Å². The first-order valence-electron chi connectivity index (χ1n) is 11.5. The van der Waals surface area contributed by atoms with Gasteiger partial charge in [-0.3, -0.25) is 4.79 Å². The highest BCUT2D eigenvalue weighted by Crippen LogP contribution is 2.28. The molecule has 3 aromatic carbocycles. The number of hydrogen-bond donors (Lipinski definition) is 1. The quantitative estimate of drug-likeness (QED) is 0.455. The molecule has 1 N–H and O–H groups in total. The molecular formula is C28H28N4O2. The van der Waals surface area contributed by atoms with Crippen LogP contribution >= 0.6 is 0 Å². The van der Waals surface area contributed by atoms with E-state index in [1.807, 2.05) is 73.8 Å². The Morgan fingerprint density at radius 2 is 1.65 bits per heavy atom. The lowest BCUT2D eigenvalue weighted by atomic mass is 10.1. The first-order chi connectivity index (χ1) is 16.6. The second-order valence-corrected chi connectivity index (χ2v) is 8.51. The number of nitrogens with zero attached hydrogens (tertiary/aromatic N) is 3. The zero-order valence-corrected chi connectivity index (χ0v) is 19.5. The fourth-order valence-electron chi connectivity index (χ4n) is 4.42. The number of benzene rings is 3. The molecule has 1 fully saturated rings. The Bertz CT molecular complexity index is 1310. The molecule has 1 aliphatic rings. The van der Waals surface area contributed by atoms with Crippen molar-refractivity contribution >= 4 is 33.9 Å². The SMILES string of the molecule is COc1ccc(N2CCN(c3nccc4ccc(C(=O)Nc5ccccc5C)cc34)CC2)cc1. The smallest absolute Gasteiger partial charge is 0.255 e. The second kappa shape index (κ2) is 9.43. The van der Waals surface area contributed by atoms with E-state index in [-0.39, 0.29) is 5.91 Å². The van der Waals surface area contributed by atoms with E-state index >= 15 is 0 Å². The van der Waals surface area contributed by atoms with Gasteiger partial charge in [0.15, 0.2) is 0 Å². The average molecular weight is 453 g/mol. The molecular weight excluding hydrogens is 424 g/mol. The van der Waals surface area contributed by atoms with Gasteiger partial charge < -0.3 is 19.9 Å². The van der Waals surface area contributed by atoms with Crippen molar-refractivity contribution in [1.29, 1.82) is 0 Å². The first-order valence-corrected chi connectivity index (χ1v) is 11.5. The van der Waals surface area contributed by atoms with Gasteiger partial charge in [-0.05, 0) is 66.4 Å². The van der Waals surface area contributed by atoms with Crippen LogP contribution in [0.25, 0.3) is 10.8 Å². The number of nitrogens with one attached hydrogen (secondary N) is 1. The molecule has 1 aliphatic heterocycles. The van der Waals surface area contributed by atoms with Gasteiger partial charge in [-0.1, -0.05) is 24.3 Å². The van der Waals surface area contributed by atoms with E-state index in [2.05, 4.69) is 27.2 Å². The van der Waals surface area contributed by atoms with Gasteiger partial charge in [0.1, 0.15) is 11.6 Å². The number of rotatable bonds is 5. The summed E-state index contributed by atoms with van der Waals surface area (Å²) in [6.07, 6.45) is 1.85. The van der Waals surface area contributed by atoms with Gasteiger partial charge >= 0.3 is 0 Å². The summed E-state index contributed by atoms with van der Waals surface area (Å²) in [6, 6.07) is 23.8. The Morgan fingerprint density at radius 3 is 2.38 bits per heavy atom. The van der Waals surface area contributed by atoms with Gasteiger partial charge in [-0.2, -0.15) is 0 Å². The second-order valence-electron chi connectivity index (χ2n) is 8.51. The van der Waals surface area contributed by atoms with Crippen LogP contribution in [0.4, 0.5) is 17.2 Å². The molecule has 2 heterocycles. The van der Waals surface area contributed by atoms with Crippen LogP contribution in [0, 0.1) is 6.92 Å². The molecule has 0 spiro atoms. The van der Waals surface area contributed by atoms with E-state index in [4.69, 9.17) is 9.72 Å². The maximum atomic E-state index is 13.0. The van der Waals surface area contributed by atoms with Crippen molar-refractivity contribution in [2.75, 3.05) is 48.4 Å². The zero-order valence-electron chi connectivity index (χ0n) is 19.5. The molecule has 1 amide bonds. The molecule has 34 heavy (non-hydrogen) atoms. The highest BCUT2D eigenvalue weighted by molar-refractivity contribution is 6.08. The monoisotopic (exact) mass is 452 g/mol. The summed E-state index contributed by atoms with van der Waals surface area (Å²) in [6.45, 7) is 5.51. The molecule has 6 heteroatoms. The highest BCUT2D eigenvalue weighted by Gasteiger charge is 2.20. The number of fused-ring (bicyclic) bond motifs is 1. The molecule has 0 saturated carbocycles. The number of methoxy groups -OCH3 is 1. The molecule has 172 valence electrons. The van der Waals surface area contributed by atoms with Crippen molar-refractivity contribution < 1.29 is 9.53 Å². The lowest BCUT2D eigenvalue weighted by Gasteiger charge is -2.37. The van der Waals surface area contributed by atoms with Crippen molar-refractivity contribution in [2.45, 2.75) is 6.92 Å². The van der Waals surface area contributed by atoms with E-state index in [9.17, 15) is 4.79 Å². The number of carbonyl (C=O) groups is 1. The number of carbonyl (C=O) groups excluding carboxylic acids is 1. The third kappa shape index (κ3) is 4.39. The number of aromatic nitrogens is 1. The minimum atomic E-state index is -0.115. The number of hydrogen-bond acceptors (Lipinski definition) is 5. The first kappa shape index (κ1) is 21.8. The third-order valence-corrected chi connectivity index (χ3v) is 6.42. The Morgan fingerprint density at radius 1 is 0.912 bits per heavy atom. The minimum Gasteiger partial charge on any atom is -0.497 e. The minimum absolute atomic E-state index is 0.115. The van der Waals surface area contributed by atoms with Gasteiger partial charge in [-0.15, -0.1) is 0 Å². The number of piperazine rings is 1. The fraction of sp³-hybridized carbons (Fsp3) is 0.214. The Kier molecular flexibility index (Phi) is 6.04. The van der Waals surface area contributed by atoms with Gasteiger partial charge in [0.2, 0.25) is 0 Å². The highest BCUT2D eigenvalue weighted by atomic mass is 16.5. The lowest BCUT2D eigenvalue weighted by molar-refractivity contribution is 0.102. The number of pyridine rings is 1. The Labute approximate surface area is 199 Å². The third-order valence-electron chi connectivity index (χ3n) is 6.42. The summed E-state index contributed by atoms with van der Waals surface area (Å²) in [5.41, 5.74) is 3.69. The van der Waals surface area contributed by atoms with Crippen LogP contribution in [-0.4, -0.2) is 44.2 Å². The predicted molar refractivity (Wildman–Crippen MR) is 138 cm³/mol. The topological polar surface area (TPSA) is 57.7 Å². The molecule has 0 unspecified atom stereocenters. The van der Waals surface area contributed by atoms with Crippen molar-refractivity contribution in [3.63, 3.8) is 0 Å². The van der Waals surface area contributed by atoms with E-state index in [1.165, 1.54) is 5.69 Å². The van der Waals surface area contributed by atoms with Crippen LogP contribution < -0.4 is 19.9 Å². The van der Waals surface area contributed by atoms with E-state index in [0.717, 1.165) is 59.8 Å². The molecule has 6 nitrogen and oxygen atoms in total. The number of para-hydroxylation sites is 1. The van der Waals surface area contributed by atoms with Crippen LogP contribution in [0.1, 0.15) is 15.9 Å². The summed E-state index contributed by atoms with van der Waals surface area (Å²) < 4.78 is 5.27. The van der Waals surface area contributed by atoms with Gasteiger partial charge in [0, 0.05) is 54.7 Å². The molecule has 5 rings (SSSR count). The Balaban J connectivity index is 1.35. The fourth-order valence-corrected chi connectivity index (χ4v) is 4.42. The zero-order chi connectivity index (χ0) is 23.5. The molecule has 4 aromatic rings. The summed E-state index contributed by atoms with van der Waals surface area (Å²) >= 11 is 0. The van der Waals surface area contributed by atoms with E-state index in [1.54, 1.807) is 7.11 Å². The molecule has 1 saturated heterocycles. The van der Waals surface area contributed by atoms with Crippen LogP contribution in [0.15, 0.2) is 79.0 Å². The summed E-state index contributed by atoms with van der Waals surface area (Å²) in [7, 11) is 1.68. The van der Waals surface area contributed by atoms with E-state index in [0.29, 0.717) is 5.56 Å². The largest absolute Gasteiger partial charge is 0.497 e. The van der Waals surface area contributed by atoms with Crippen molar-refractivity contribution in [1.82, 2.24) is 4.98 Å². The summed E-state index contributed by atoms with van der Waals surface area (Å²) in [5, 5.41) is 5.11. The average Bonchev–Trinajstić information content (AvgIpc) is 2.89. The number of aryl methyl sites for hydroxylation is 1. The van der Waals surface area contributed by atoms with Crippen LogP contribution in [0.5, 0.6) is 5.75 Å². The van der Waals surface area contributed by atoms with E-state index < -0.39 is 0 Å². The number of anilines is 3. The van der Waals surface area contributed by atoms with Gasteiger partial charge in [0.25, 0.3) is 5.91 Å². The number of ether oxygens (including phenoxy) is 1. The standard InChI is InChI=1S/C28H28N4O2/c1-20-5-3-4-6-26(20)30-28(33)22-8-7-21-13-14-29-27(25(21)19-22)32-17-15-31(16-18-32)23-9-11-24(34-2)12-10-23/h3-14,19H,15-18H2,1-2H3,(H,30,33). The van der Waals surface area contributed by atoms with Gasteiger partial charge in [0.05, 0.1) is 7.11 Å². The Hall–Kier alpha value is -4.06. The summed E-state index contributed by atoms with van der Waals surface area (Å²) in [5.74, 6) is 1.68. The molecule has 0 aliphatic carbocycles. The summed E-state index contributed by atoms with van der Waals surface area (Å²) in [4.78, 5) is 22.4. The molecule has 0 atom stereocenters. The molecule has 0 radical (unpaired) electrons. The number of amides is 1. The maximum absolute atomic E-state index is 13.0. The van der Waals surface area contributed by atoms with Gasteiger partial charge in [-0.25, -0.2) is 4.98 Å². The van der Waals surface area contributed by atoms with Crippen molar-refractivity contribution in [3.8, 4) is 5.75 Å².